The molecule has 5 nitrogen and oxygen atoms in total. The highest BCUT2D eigenvalue weighted by Gasteiger charge is 2.10. The number of rotatable bonds is 5. The Morgan fingerprint density at radius 2 is 2.33 bits per heavy atom. The Bertz CT molecular complexity index is 449. The summed E-state index contributed by atoms with van der Waals surface area (Å²) in [7, 11) is 0. The summed E-state index contributed by atoms with van der Waals surface area (Å²) in [5, 5.41) is 14.6. The van der Waals surface area contributed by atoms with Crippen LogP contribution in [0.1, 0.15) is 18.9 Å². The standard InChI is InChI=1S/C12H16ClN3O2/c1-8(5-11(14)16-18)15-12(17)7-9-3-2-4-10(13)6-9/h2-4,6,8,18H,5,7H2,1H3,(H2,14,16)(H,15,17). The van der Waals surface area contributed by atoms with Gasteiger partial charge in [0.25, 0.3) is 0 Å². The van der Waals surface area contributed by atoms with Gasteiger partial charge in [0.15, 0.2) is 0 Å². The molecule has 0 aromatic heterocycles. The van der Waals surface area contributed by atoms with Crippen molar-refractivity contribution in [1.82, 2.24) is 5.32 Å². The highest BCUT2D eigenvalue weighted by Crippen LogP contribution is 2.11. The quantitative estimate of drug-likeness (QED) is 0.328. The van der Waals surface area contributed by atoms with Crippen LogP contribution in [0.2, 0.25) is 5.02 Å². The van der Waals surface area contributed by atoms with E-state index in [-0.39, 0.29) is 24.2 Å². The number of nitrogens with one attached hydrogen (secondary N) is 1. The fourth-order valence-electron chi connectivity index (χ4n) is 1.56. The minimum atomic E-state index is -0.187. The van der Waals surface area contributed by atoms with E-state index < -0.39 is 0 Å². The Balaban J connectivity index is 2.47. The van der Waals surface area contributed by atoms with Crippen molar-refractivity contribution in [3.05, 3.63) is 34.9 Å². The first-order valence-electron chi connectivity index (χ1n) is 5.51. The molecule has 18 heavy (non-hydrogen) atoms. The third-order valence-electron chi connectivity index (χ3n) is 2.30. The van der Waals surface area contributed by atoms with Crippen molar-refractivity contribution in [2.24, 2.45) is 10.9 Å². The van der Waals surface area contributed by atoms with E-state index in [2.05, 4.69) is 10.5 Å². The second kappa shape index (κ2) is 6.86. The van der Waals surface area contributed by atoms with Crippen LogP contribution in [0.5, 0.6) is 0 Å². The minimum absolute atomic E-state index is 0.0885. The van der Waals surface area contributed by atoms with Crippen molar-refractivity contribution in [3.8, 4) is 0 Å². The van der Waals surface area contributed by atoms with Crippen molar-refractivity contribution in [2.45, 2.75) is 25.8 Å². The lowest BCUT2D eigenvalue weighted by Crippen LogP contribution is -2.36. The fraction of sp³-hybridized carbons (Fsp3) is 0.333. The number of carbonyl (C=O) groups is 1. The number of hydrogen-bond acceptors (Lipinski definition) is 3. The summed E-state index contributed by atoms with van der Waals surface area (Å²) in [5.41, 5.74) is 6.20. The van der Waals surface area contributed by atoms with Gasteiger partial charge in [-0.05, 0) is 24.6 Å². The van der Waals surface area contributed by atoms with E-state index in [0.717, 1.165) is 5.56 Å². The summed E-state index contributed by atoms with van der Waals surface area (Å²) in [6, 6.07) is 6.94. The van der Waals surface area contributed by atoms with Gasteiger partial charge in [-0.15, -0.1) is 0 Å². The monoisotopic (exact) mass is 269 g/mol. The second-order valence-corrected chi connectivity index (χ2v) is 4.51. The molecule has 0 aliphatic heterocycles. The molecule has 1 aromatic carbocycles. The van der Waals surface area contributed by atoms with E-state index in [1.807, 2.05) is 6.07 Å². The maximum Gasteiger partial charge on any atom is 0.224 e. The Labute approximate surface area is 111 Å². The number of nitrogens with zero attached hydrogens (tertiary/aromatic N) is 1. The summed E-state index contributed by atoms with van der Waals surface area (Å²) >= 11 is 5.83. The van der Waals surface area contributed by atoms with E-state index in [1.54, 1.807) is 25.1 Å². The number of amides is 1. The number of oxime groups is 1. The number of carbonyl (C=O) groups excluding carboxylic acids is 1. The van der Waals surface area contributed by atoms with Crippen molar-refractivity contribution >= 4 is 23.3 Å². The van der Waals surface area contributed by atoms with Gasteiger partial charge in [0.1, 0.15) is 5.84 Å². The summed E-state index contributed by atoms with van der Waals surface area (Å²) in [5.74, 6) is -0.0407. The van der Waals surface area contributed by atoms with Crippen molar-refractivity contribution in [2.75, 3.05) is 0 Å². The van der Waals surface area contributed by atoms with E-state index in [0.29, 0.717) is 11.4 Å². The van der Waals surface area contributed by atoms with Crippen LogP contribution in [0.4, 0.5) is 0 Å². The van der Waals surface area contributed by atoms with Gasteiger partial charge in [0, 0.05) is 17.5 Å². The molecule has 0 aliphatic rings. The van der Waals surface area contributed by atoms with Crippen molar-refractivity contribution in [1.29, 1.82) is 0 Å². The number of nitrogens with two attached hydrogens (primary N) is 1. The van der Waals surface area contributed by atoms with Crippen LogP contribution in [-0.4, -0.2) is 23.0 Å². The molecule has 0 fully saturated rings. The minimum Gasteiger partial charge on any atom is -0.409 e. The molecule has 1 atom stereocenters. The molecule has 98 valence electrons. The Kier molecular flexibility index (Phi) is 5.45. The van der Waals surface area contributed by atoms with Crippen LogP contribution in [0.25, 0.3) is 0 Å². The zero-order valence-corrected chi connectivity index (χ0v) is 10.8. The molecule has 0 spiro atoms. The molecular formula is C12H16ClN3O2. The first-order valence-corrected chi connectivity index (χ1v) is 5.89. The SMILES string of the molecule is CC(CC(N)=NO)NC(=O)Cc1cccc(Cl)c1. The lowest BCUT2D eigenvalue weighted by molar-refractivity contribution is -0.121. The molecule has 0 radical (unpaired) electrons. The molecule has 4 N–H and O–H groups in total. The summed E-state index contributed by atoms with van der Waals surface area (Å²) < 4.78 is 0. The molecular weight excluding hydrogens is 254 g/mol. The first kappa shape index (κ1) is 14.3. The smallest absolute Gasteiger partial charge is 0.224 e. The van der Waals surface area contributed by atoms with E-state index in [1.165, 1.54) is 0 Å². The molecule has 0 heterocycles. The molecule has 0 saturated heterocycles. The van der Waals surface area contributed by atoms with Gasteiger partial charge in [0.05, 0.1) is 6.42 Å². The maximum atomic E-state index is 11.7. The largest absolute Gasteiger partial charge is 0.409 e. The first-order chi connectivity index (χ1) is 8.51. The molecule has 0 aliphatic carbocycles. The average molecular weight is 270 g/mol. The Morgan fingerprint density at radius 3 is 2.94 bits per heavy atom. The second-order valence-electron chi connectivity index (χ2n) is 4.07. The number of benzene rings is 1. The predicted molar refractivity (Wildman–Crippen MR) is 70.8 cm³/mol. The average Bonchev–Trinajstić information content (AvgIpc) is 2.28. The van der Waals surface area contributed by atoms with Crippen LogP contribution in [-0.2, 0) is 11.2 Å². The Morgan fingerprint density at radius 1 is 1.61 bits per heavy atom. The zero-order valence-electron chi connectivity index (χ0n) is 10.1. The third-order valence-corrected chi connectivity index (χ3v) is 2.54. The maximum absolute atomic E-state index is 11.7. The number of hydrogen-bond donors (Lipinski definition) is 3. The molecule has 0 bridgehead atoms. The normalized spacial score (nSPS) is 13.1. The van der Waals surface area contributed by atoms with Gasteiger partial charge in [-0.3, -0.25) is 4.79 Å². The highest BCUT2D eigenvalue weighted by atomic mass is 35.5. The topological polar surface area (TPSA) is 87.7 Å². The predicted octanol–water partition coefficient (Wildman–Crippen LogP) is 1.52. The van der Waals surface area contributed by atoms with Crippen LogP contribution in [0.15, 0.2) is 29.4 Å². The zero-order chi connectivity index (χ0) is 13.5. The van der Waals surface area contributed by atoms with Crippen LogP contribution in [0, 0.1) is 0 Å². The summed E-state index contributed by atoms with van der Waals surface area (Å²) in [4.78, 5) is 11.7. The van der Waals surface area contributed by atoms with Crippen molar-refractivity contribution < 1.29 is 10.0 Å². The summed E-state index contributed by atoms with van der Waals surface area (Å²) in [6.07, 6.45) is 0.554. The van der Waals surface area contributed by atoms with Crippen LogP contribution < -0.4 is 11.1 Å². The lowest BCUT2D eigenvalue weighted by atomic mass is 10.1. The third kappa shape index (κ3) is 5.05. The fourth-order valence-corrected chi connectivity index (χ4v) is 1.78. The van der Waals surface area contributed by atoms with Gasteiger partial charge in [-0.1, -0.05) is 28.9 Å². The van der Waals surface area contributed by atoms with Crippen molar-refractivity contribution in [3.63, 3.8) is 0 Å². The van der Waals surface area contributed by atoms with Crippen LogP contribution >= 0.6 is 11.6 Å². The molecule has 1 aromatic rings. The van der Waals surface area contributed by atoms with Gasteiger partial charge < -0.3 is 16.3 Å². The Hall–Kier alpha value is -1.75. The van der Waals surface area contributed by atoms with Gasteiger partial charge in [-0.2, -0.15) is 0 Å². The molecule has 6 heteroatoms. The van der Waals surface area contributed by atoms with Gasteiger partial charge in [-0.25, -0.2) is 0 Å². The lowest BCUT2D eigenvalue weighted by Gasteiger charge is -2.12. The van der Waals surface area contributed by atoms with Crippen LogP contribution in [0.3, 0.4) is 0 Å². The summed E-state index contributed by atoms with van der Waals surface area (Å²) in [6.45, 7) is 1.79. The van der Waals surface area contributed by atoms with E-state index in [9.17, 15) is 4.79 Å². The van der Waals surface area contributed by atoms with Gasteiger partial charge >= 0.3 is 0 Å². The van der Waals surface area contributed by atoms with E-state index >= 15 is 0 Å². The molecule has 1 amide bonds. The van der Waals surface area contributed by atoms with Gasteiger partial charge in [0.2, 0.25) is 5.91 Å². The molecule has 0 saturated carbocycles. The molecule has 1 rings (SSSR count). The highest BCUT2D eigenvalue weighted by molar-refractivity contribution is 6.30. The molecule has 1 unspecified atom stereocenters. The van der Waals surface area contributed by atoms with E-state index in [4.69, 9.17) is 22.5 Å². The number of amidine groups is 1. The number of halogens is 1.